The van der Waals surface area contributed by atoms with Gasteiger partial charge in [-0.2, -0.15) is 0 Å². The molecule has 1 aliphatic heterocycles. The van der Waals surface area contributed by atoms with Crippen LogP contribution in [0.25, 0.3) is 6.08 Å². The van der Waals surface area contributed by atoms with Gasteiger partial charge in [0.25, 0.3) is 5.91 Å². The normalized spacial score (nSPS) is 16.8. The number of hydrogen-bond donors (Lipinski definition) is 2. The zero-order valence-electron chi connectivity index (χ0n) is 17.4. The fourth-order valence-corrected chi connectivity index (χ4v) is 5.03. The van der Waals surface area contributed by atoms with E-state index in [1.807, 2.05) is 36.4 Å². The lowest BCUT2D eigenvalue weighted by Crippen LogP contribution is -2.30. The number of aryl methyl sites for hydroxylation is 1. The van der Waals surface area contributed by atoms with Crippen LogP contribution in [0.1, 0.15) is 23.6 Å². The summed E-state index contributed by atoms with van der Waals surface area (Å²) in [5, 5.41) is 6.33. The summed E-state index contributed by atoms with van der Waals surface area (Å²) in [5.41, 5.74) is 4.13. The van der Waals surface area contributed by atoms with Gasteiger partial charge in [-0.1, -0.05) is 49.0 Å². The van der Waals surface area contributed by atoms with Crippen LogP contribution in [0.5, 0.6) is 5.75 Å². The third-order valence-corrected chi connectivity index (χ3v) is 7.32. The Morgan fingerprint density at radius 3 is 2.50 bits per heavy atom. The number of hydrogen-bond acceptors (Lipinski definition) is 4. The topological polar surface area (TPSA) is 50.4 Å². The van der Waals surface area contributed by atoms with Crippen molar-refractivity contribution in [2.24, 2.45) is 0 Å². The molecular weight excluding hydrogens is 599 g/mol. The van der Waals surface area contributed by atoms with Crippen molar-refractivity contribution in [1.82, 2.24) is 5.32 Å². The lowest BCUT2D eigenvalue weighted by molar-refractivity contribution is -0.116. The summed E-state index contributed by atoms with van der Waals surface area (Å²) >= 11 is 7.36. The summed E-state index contributed by atoms with van der Waals surface area (Å²) in [6, 6.07) is 22.4. The van der Waals surface area contributed by atoms with E-state index in [4.69, 9.17) is 4.74 Å². The number of ether oxygens (including phenoxy) is 1. The summed E-state index contributed by atoms with van der Waals surface area (Å²) in [4.78, 5) is 13.1. The van der Waals surface area contributed by atoms with Crippen molar-refractivity contribution in [3.8, 4) is 5.75 Å². The van der Waals surface area contributed by atoms with E-state index in [2.05, 4.69) is 92.5 Å². The number of anilines is 1. The highest BCUT2D eigenvalue weighted by atomic mass is 127. The molecule has 2 N–H and O–H groups in total. The second-order valence-corrected chi connectivity index (χ2v) is 10.5. The average Bonchev–Trinajstić information content (AvgIpc) is 3.13. The van der Waals surface area contributed by atoms with E-state index in [1.165, 1.54) is 20.9 Å². The second kappa shape index (κ2) is 10.8. The molecule has 32 heavy (non-hydrogen) atoms. The maximum absolute atomic E-state index is 12.4. The Bertz CT molecular complexity index is 1130. The van der Waals surface area contributed by atoms with Gasteiger partial charge in [0.15, 0.2) is 5.50 Å². The van der Waals surface area contributed by atoms with Crippen molar-refractivity contribution in [1.29, 1.82) is 0 Å². The molecule has 1 aliphatic rings. The first-order chi connectivity index (χ1) is 15.5. The van der Waals surface area contributed by atoms with Gasteiger partial charge in [-0.05, 0) is 104 Å². The molecule has 0 aromatic heterocycles. The molecule has 1 atom stereocenters. The van der Waals surface area contributed by atoms with Gasteiger partial charge >= 0.3 is 0 Å². The third-order valence-electron chi connectivity index (χ3n) is 4.95. The predicted octanol–water partition coefficient (Wildman–Crippen LogP) is 6.79. The van der Waals surface area contributed by atoms with Crippen LogP contribution in [0.15, 0.2) is 76.1 Å². The van der Waals surface area contributed by atoms with Crippen LogP contribution in [0.4, 0.5) is 5.69 Å². The second-order valence-electron chi connectivity index (χ2n) is 7.28. The van der Waals surface area contributed by atoms with Gasteiger partial charge < -0.3 is 15.4 Å². The van der Waals surface area contributed by atoms with E-state index in [0.29, 0.717) is 11.5 Å². The van der Waals surface area contributed by atoms with Crippen LogP contribution in [-0.2, 0) is 17.8 Å². The highest BCUT2D eigenvalue weighted by Crippen LogP contribution is 2.32. The zero-order chi connectivity index (χ0) is 22.5. The SMILES string of the molecule is CCc1ccc(N[C@@H]2NC(=O)/C(=C/c3ccc(OCc4ccc(I)cc4)c(Br)c3)S2)cc1. The molecule has 0 radical (unpaired) electrons. The molecule has 3 aromatic rings. The van der Waals surface area contributed by atoms with Crippen molar-refractivity contribution in [2.75, 3.05) is 5.32 Å². The molecule has 1 fully saturated rings. The molecule has 1 amide bonds. The van der Waals surface area contributed by atoms with Crippen molar-refractivity contribution < 1.29 is 9.53 Å². The molecule has 1 saturated heterocycles. The lowest BCUT2D eigenvalue weighted by Gasteiger charge is -2.12. The Kier molecular flexibility index (Phi) is 7.80. The molecule has 1 heterocycles. The summed E-state index contributed by atoms with van der Waals surface area (Å²) in [7, 11) is 0. The van der Waals surface area contributed by atoms with Gasteiger partial charge in [-0.3, -0.25) is 4.79 Å². The molecule has 4 rings (SSSR count). The molecule has 0 saturated carbocycles. The van der Waals surface area contributed by atoms with E-state index in [0.717, 1.165) is 33.5 Å². The fraction of sp³-hybridized carbons (Fsp3) is 0.160. The van der Waals surface area contributed by atoms with Gasteiger partial charge in [-0.25, -0.2) is 0 Å². The Balaban J connectivity index is 1.38. The minimum atomic E-state index is -0.193. The van der Waals surface area contributed by atoms with Gasteiger partial charge in [-0.15, -0.1) is 0 Å². The first-order valence-electron chi connectivity index (χ1n) is 10.2. The van der Waals surface area contributed by atoms with Crippen molar-refractivity contribution in [3.05, 3.63) is 96.4 Å². The number of benzene rings is 3. The molecule has 3 aromatic carbocycles. The van der Waals surface area contributed by atoms with Crippen molar-refractivity contribution >= 4 is 68.0 Å². The Morgan fingerprint density at radius 2 is 1.81 bits per heavy atom. The smallest absolute Gasteiger partial charge is 0.260 e. The first-order valence-corrected chi connectivity index (χ1v) is 13.0. The van der Waals surface area contributed by atoms with E-state index in [-0.39, 0.29) is 11.4 Å². The standard InChI is InChI=1S/C25H22BrIN2O2S/c1-2-16-5-10-20(11-6-16)28-25-29-24(30)23(32-25)14-18-7-12-22(21(26)13-18)31-15-17-3-8-19(27)9-4-17/h3-14,25,28H,2,15H2,1H3,(H,29,30)/b23-14-/t25-/m1/s1. The molecule has 0 aliphatic carbocycles. The Labute approximate surface area is 214 Å². The highest BCUT2D eigenvalue weighted by molar-refractivity contribution is 14.1. The number of carbonyl (C=O) groups excluding carboxylic acids is 1. The monoisotopic (exact) mass is 620 g/mol. The maximum atomic E-state index is 12.4. The summed E-state index contributed by atoms with van der Waals surface area (Å²) in [6.45, 7) is 2.63. The van der Waals surface area contributed by atoms with E-state index in [1.54, 1.807) is 0 Å². The number of amides is 1. The van der Waals surface area contributed by atoms with Crippen LogP contribution >= 0.6 is 50.3 Å². The molecule has 164 valence electrons. The van der Waals surface area contributed by atoms with Gasteiger partial charge in [0.05, 0.1) is 9.38 Å². The number of thioether (sulfide) groups is 1. The third kappa shape index (κ3) is 6.08. The molecule has 0 spiro atoms. The van der Waals surface area contributed by atoms with Crippen LogP contribution in [0.2, 0.25) is 0 Å². The Hall–Kier alpha value is -1.97. The van der Waals surface area contributed by atoms with Gasteiger partial charge in [0.1, 0.15) is 12.4 Å². The Morgan fingerprint density at radius 1 is 1.09 bits per heavy atom. The molecular formula is C25H22BrIN2O2S. The van der Waals surface area contributed by atoms with E-state index < -0.39 is 0 Å². The highest BCUT2D eigenvalue weighted by Gasteiger charge is 2.27. The predicted molar refractivity (Wildman–Crippen MR) is 145 cm³/mol. The van der Waals surface area contributed by atoms with E-state index in [9.17, 15) is 4.79 Å². The quantitative estimate of drug-likeness (QED) is 0.225. The first kappa shape index (κ1) is 23.2. The van der Waals surface area contributed by atoms with Crippen molar-refractivity contribution in [2.45, 2.75) is 25.4 Å². The van der Waals surface area contributed by atoms with E-state index >= 15 is 0 Å². The molecule has 0 bridgehead atoms. The minimum absolute atomic E-state index is 0.0761. The largest absolute Gasteiger partial charge is 0.488 e. The number of carbonyl (C=O) groups is 1. The van der Waals surface area contributed by atoms with Crippen LogP contribution in [-0.4, -0.2) is 11.4 Å². The lowest BCUT2D eigenvalue weighted by atomic mass is 10.1. The number of nitrogens with one attached hydrogen (secondary N) is 2. The fourth-order valence-electron chi connectivity index (χ4n) is 3.17. The van der Waals surface area contributed by atoms with Gasteiger partial charge in [0.2, 0.25) is 0 Å². The van der Waals surface area contributed by atoms with Crippen LogP contribution in [0, 0.1) is 3.57 Å². The zero-order valence-corrected chi connectivity index (χ0v) is 22.0. The number of halogens is 2. The van der Waals surface area contributed by atoms with Gasteiger partial charge in [0, 0.05) is 9.26 Å². The molecule has 0 unspecified atom stereocenters. The summed E-state index contributed by atoms with van der Waals surface area (Å²) < 4.78 is 8.00. The molecule has 4 nitrogen and oxygen atoms in total. The minimum Gasteiger partial charge on any atom is -0.488 e. The average molecular weight is 621 g/mol. The van der Waals surface area contributed by atoms with Crippen molar-refractivity contribution in [3.63, 3.8) is 0 Å². The van der Waals surface area contributed by atoms with Crippen LogP contribution < -0.4 is 15.4 Å². The number of rotatable bonds is 7. The summed E-state index contributed by atoms with van der Waals surface area (Å²) in [5.74, 6) is 0.692. The maximum Gasteiger partial charge on any atom is 0.260 e. The molecule has 7 heteroatoms. The summed E-state index contributed by atoms with van der Waals surface area (Å²) in [6.07, 6.45) is 2.91. The van der Waals surface area contributed by atoms with Crippen LogP contribution in [0.3, 0.4) is 0 Å².